The Balaban J connectivity index is 1.92. The monoisotopic (exact) mass is 315 g/mol. The molecule has 2 nitrogen and oxygen atoms in total. The van der Waals surface area contributed by atoms with Crippen molar-refractivity contribution < 1.29 is 4.79 Å². The normalized spacial score (nSPS) is 18.4. The van der Waals surface area contributed by atoms with Crippen LogP contribution in [0.2, 0.25) is 0 Å². The van der Waals surface area contributed by atoms with Gasteiger partial charge in [-0.2, -0.15) is 0 Å². The van der Waals surface area contributed by atoms with E-state index in [9.17, 15) is 4.79 Å². The van der Waals surface area contributed by atoms with Gasteiger partial charge in [-0.1, -0.05) is 46.3 Å². The highest BCUT2D eigenvalue weighted by Gasteiger charge is 2.24. The molecule has 3 rings (SSSR count). The van der Waals surface area contributed by atoms with E-state index in [2.05, 4.69) is 27.3 Å². The number of carbonyl (C=O) groups excluding carboxylic acids is 1. The van der Waals surface area contributed by atoms with Gasteiger partial charge in [-0.15, -0.1) is 0 Å². The molecule has 1 aliphatic rings. The van der Waals surface area contributed by atoms with E-state index in [0.29, 0.717) is 0 Å². The molecule has 3 heteroatoms. The number of rotatable bonds is 1. The summed E-state index contributed by atoms with van der Waals surface area (Å²) in [5.74, 6) is 0.0275. The zero-order valence-electron chi connectivity index (χ0n) is 10.4. The van der Waals surface area contributed by atoms with Crippen molar-refractivity contribution in [2.24, 2.45) is 0 Å². The van der Waals surface area contributed by atoms with Crippen molar-refractivity contribution in [3.05, 3.63) is 64.1 Å². The molecule has 19 heavy (non-hydrogen) atoms. The zero-order valence-corrected chi connectivity index (χ0v) is 12.0. The van der Waals surface area contributed by atoms with E-state index in [-0.39, 0.29) is 11.8 Å². The van der Waals surface area contributed by atoms with Gasteiger partial charge in [0.1, 0.15) is 0 Å². The van der Waals surface area contributed by atoms with Crippen molar-refractivity contribution in [2.75, 3.05) is 5.32 Å². The van der Waals surface area contributed by atoms with Crippen LogP contribution in [0.25, 0.3) is 0 Å². The Morgan fingerprint density at radius 3 is 2.68 bits per heavy atom. The molecule has 1 heterocycles. The van der Waals surface area contributed by atoms with Gasteiger partial charge < -0.3 is 5.32 Å². The summed E-state index contributed by atoms with van der Waals surface area (Å²) in [5.41, 5.74) is 3.22. The van der Waals surface area contributed by atoms with Crippen molar-refractivity contribution in [1.82, 2.24) is 0 Å². The lowest BCUT2D eigenvalue weighted by Crippen LogP contribution is -2.19. The molecule has 1 atom stereocenters. The first-order chi connectivity index (χ1) is 9.24. The van der Waals surface area contributed by atoms with Crippen molar-refractivity contribution in [1.29, 1.82) is 0 Å². The van der Waals surface area contributed by atoms with Crippen molar-refractivity contribution >= 4 is 27.5 Å². The van der Waals surface area contributed by atoms with Gasteiger partial charge in [0.2, 0.25) is 5.91 Å². The van der Waals surface area contributed by atoms with Crippen LogP contribution in [-0.4, -0.2) is 5.91 Å². The van der Waals surface area contributed by atoms with E-state index in [4.69, 9.17) is 0 Å². The van der Waals surface area contributed by atoms with Crippen LogP contribution in [0.5, 0.6) is 0 Å². The summed E-state index contributed by atoms with van der Waals surface area (Å²) < 4.78 is 1.05. The smallest absolute Gasteiger partial charge is 0.231 e. The minimum Gasteiger partial charge on any atom is -0.325 e. The van der Waals surface area contributed by atoms with Crippen molar-refractivity contribution in [3.63, 3.8) is 0 Å². The summed E-state index contributed by atoms with van der Waals surface area (Å²) in [4.78, 5) is 12.3. The Morgan fingerprint density at radius 2 is 1.89 bits per heavy atom. The van der Waals surface area contributed by atoms with E-state index in [0.717, 1.165) is 28.6 Å². The molecule has 1 amide bonds. The van der Waals surface area contributed by atoms with E-state index in [1.807, 2.05) is 42.5 Å². The van der Waals surface area contributed by atoms with Gasteiger partial charge in [0.15, 0.2) is 0 Å². The third-order valence-electron chi connectivity index (χ3n) is 3.55. The average Bonchev–Trinajstić information content (AvgIpc) is 2.58. The predicted molar refractivity (Wildman–Crippen MR) is 80.3 cm³/mol. The SMILES string of the molecule is O=C1Nc2ccc(Br)cc2CC[C@@H]1c1ccccc1. The van der Waals surface area contributed by atoms with E-state index in [1.165, 1.54) is 5.56 Å². The van der Waals surface area contributed by atoms with Crippen LogP contribution in [0.4, 0.5) is 5.69 Å². The third kappa shape index (κ3) is 2.56. The number of carbonyl (C=O) groups is 1. The molecule has 1 N–H and O–H groups in total. The number of fused-ring (bicyclic) bond motifs is 1. The molecule has 0 bridgehead atoms. The van der Waals surface area contributed by atoms with Gasteiger partial charge in [0, 0.05) is 10.2 Å². The molecule has 2 aromatic rings. The highest BCUT2D eigenvalue weighted by Crippen LogP contribution is 2.31. The highest BCUT2D eigenvalue weighted by atomic mass is 79.9. The van der Waals surface area contributed by atoms with Crippen LogP contribution in [0.15, 0.2) is 53.0 Å². The fourth-order valence-corrected chi connectivity index (χ4v) is 2.95. The van der Waals surface area contributed by atoms with Gasteiger partial charge in [0.25, 0.3) is 0 Å². The molecular weight excluding hydrogens is 302 g/mol. The minimum atomic E-state index is -0.0626. The lowest BCUT2D eigenvalue weighted by molar-refractivity contribution is -0.117. The molecular formula is C16H14BrNO. The number of halogens is 1. The molecule has 0 radical (unpaired) electrons. The Labute approximate surface area is 121 Å². The van der Waals surface area contributed by atoms with Gasteiger partial charge in [0.05, 0.1) is 5.92 Å². The molecule has 0 fully saturated rings. The Bertz CT molecular complexity index is 609. The second-order valence-electron chi connectivity index (χ2n) is 4.79. The predicted octanol–water partition coefficient (Wildman–Crippen LogP) is 4.12. The zero-order chi connectivity index (χ0) is 13.2. The average molecular weight is 316 g/mol. The molecule has 0 spiro atoms. The van der Waals surface area contributed by atoms with Crippen LogP contribution in [0.1, 0.15) is 23.5 Å². The van der Waals surface area contributed by atoms with Gasteiger partial charge >= 0.3 is 0 Å². The first-order valence-electron chi connectivity index (χ1n) is 6.38. The number of aryl methyl sites for hydroxylation is 1. The number of anilines is 1. The first kappa shape index (κ1) is 12.4. The van der Waals surface area contributed by atoms with E-state index < -0.39 is 0 Å². The fraction of sp³-hybridized carbons (Fsp3) is 0.188. The van der Waals surface area contributed by atoms with Crippen LogP contribution in [0.3, 0.4) is 0 Å². The number of hydrogen-bond acceptors (Lipinski definition) is 1. The maximum absolute atomic E-state index is 12.3. The molecule has 0 saturated carbocycles. The molecule has 0 unspecified atom stereocenters. The molecule has 2 aromatic carbocycles. The van der Waals surface area contributed by atoms with E-state index >= 15 is 0 Å². The summed E-state index contributed by atoms with van der Waals surface area (Å²) in [5, 5.41) is 3.04. The molecule has 1 aliphatic heterocycles. The van der Waals surface area contributed by atoms with E-state index in [1.54, 1.807) is 0 Å². The van der Waals surface area contributed by atoms with Gasteiger partial charge in [-0.3, -0.25) is 4.79 Å². The Kier molecular flexibility index (Phi) is 3.38. The number of benzene rings is 2. The summed E-state index contributed by atoms with van der Waals surface area (Å²) in [7, 11) is 0. The highest BCUT2D eigenvalue weighted by molar-refractivity contribution is 9.10. The lowest BCUT2D eigenvalue weighted by Gasteiger charge is -2.13. The molecule has 96 valence electrons. The quantitative estimate of drug-likeness (QED) is 0.842. The standard InChI is InChI=1S/C16H14BrNO/c17-13-7-9-15-12(10-13)6-8-14(16(19)18-15)11-4-2-1-3-5-11/h1-5,7,9-10,14H,6,8H2,(H,18,19)/t14-/m1/s1. The second kappa shape index (κ2) is 5.17. The Morgan fingerprint density at radius 1 is 1.11 bits per heavy atom. The molecule has 0 aliphatic carbocycles. The number of nitrogens with one attached hydrogen (secondary N) is 1. The largest absolute Gasteiger partial charge is 0.325 e. The van der Waals surface area contributed by atoms with Gasteiger partial charge in [-0.25, -0.2) is 0 Å². The fourth-order valence-electron chi connectivity index (χ4n) is 2.55. The molecule has 0 aromatic heterocycles. The number of amides is 1. The van der Waals surface area contributed by atoms with Crippen LogP contribution >= 0.6 is 15.9 Å². The topological polar surface area (TPSA) is 29.1 Å². The van der Waals surface area contributed by atoms with Crippen molar-refractivity contribution in [2.45, 2.75) is 18.8 Å². The van der Waals surface area contributed by atoms with Crippen LogP contribution in [0, 0.1) is 0 Å². The molecule has 0 saturated heterocycles. The summed E-state index contributed by atoms with van der Waals surface area (Å²) >= 11 is 3.48. The first-order valence-corrected chi connectivity index (χ1v) is 7.17. The maximum Gasteiger partial charge on any atom is 0.231 e. The van der Waals surface area contributed by atoms with Crippen molar-refractivity contribution in [3.8, 4) is 0 Å². The lowest BCUT2D eigenvalue weighted by atomic mass is 9.93. The van der Waals surface area contributed by atoms with Crippen LogP contribution < -0.4 is 5.32 Å². The summed E-state index contributed by atoms with van der Waals surface area (Å²) in [6, 6.07) is 16.0. The van der Waals surface area contributed by atoms with Gasteiger partial charge in [-0.05, 0) is 42.2 Å². The minimum absolute atomic E-state index is 0.0626. The number of hydrogen-bond donors (Lipinski definition) is 1. The Hall–Kier alpha value is -1.61. The maximum atomic E-state index is 12.3. The summed E-state index contributed by atoms with van der Waals surface area (Å²) in [6.45, 7) is 0. The second-order valence-corrected chi connectivity index (χ2v) is 5.71. The van der Waals surface area contributed by atoms with Crippen LogP contribution in [-0.2, 0) is 11.2 Å². The summed E-state index contributed by atoms with van der Waals surface area (Å²) in [6.07, 6.45) is 1.76. The third-order valence-corrected chi connectivity index (χ3v) is 4.04.